The van der Waals surface area contributed by atoms with Gasteiger partial charge in [0.15, 0.2) is 0 Å². The molecule has 0 unspecified atom stereocenters. The van der Waals surface area contributed by atoms with Gasteiger partial charge < -0.3 is 10.2 Å². The number of carbonyl (C=O) groups excluding carboxylic acids is 1. The van der Waals surface area contributed by atoms with Gasteiger partial charge in [0, 0.05) is 24.4 Å². The maximum Gasteiger partial charge on any atom is 0.211 e. The van der Waals surface area contributed by atoms with Crippen LogP contribution in [0.15, 0.2) is 54.8 Å². The topological polar surface area (TPSA) is 86.8 Å². The number of aryl methyl sites for hydroxylation is 1. The Labute approximate surface area is 193 Å². The molecule has 0 saturated carbocycles. The number of nitrogens with zero attached hydrogens (tertiary/aromatic N) is 5. The Bertz CT molecular complexity index is 1290. The molecule has 0 aliphatic carbocycles. The molecule has 1 aliphatic rings. The summed E-state index contributed by atoms with van der Waals surface area (Å²) >= 11 is 0. The van der Waals surface area contributed by atoms with E-state index in [0.29, 0.717) is 18.5 Å². The van der Waals surface area contributed by atoms with E-state index in [-0.39, 0.29) is 5.92 Å². The van der Waals surface area contributed by atoms with Gasteiger partial charge in [-0.2, -0.15) is 5.26 Å². The number of amides is 1. The molecule has 0 bridgehead atoms. The summed E-state index contributed by atoms with van der Waals surface area (Å²) in [6, 6.07) is 14.0. The van der Waals surface area contributed by atoms with Crippen molar-refractivity contribution in [2.75, 3.05) is 11.4 Å². The number of carbonyl (C=O) groups is 1. The lowest BCUT2D eigenvalue weighted by molar-refractivity contribution is -0.108. The molecule has 0 fully saturated rings. The molecule has 1 N–H and O–H groups in total. The second-order valence-electron chi connectivity index (χ2n) is 8.10. The highest BCUT2D eigenvalue weighted by Crippen LogP contribution is 2.42. The minimum Gasteiger partial charge on any atom is -0.339 e. The second kappa shape index (κ2) is 9.13. The molecule has 1 aliphatic heterocycles. The van der Waals surface area contributed by atoms with Crippen molar-refractivity contribution in [2.24, 2.45) is 0 Å². The Morgan fingerprint density at radius 1 is 1.18 bits per heavy atom. The van der Waals surface area contributed by atoms with E-state index in [1.54, 1.807) is 6.20 Å². The van der Waals surface area contributed by atoms with Crippen molar-refractivity contribution in [3.8, 4) is 11.8 Å². The first-order valence-corrected chi connectivity index (χ1v) is 10.9. The van der Waals surface area contributed by atoms with Crippen molar-refractivity contribution < 1.29 is 4.79 Å². The van der Waals surface area contributed by atoms with Gasteiger partial charge in [0.2, 0.25) is 6.41 Å². The van der Waals surface area contributed by atoms with E-state index >= 15 is 0 Å². The highest BCUT2D eigenvalue weighted by Gasteiger charge is 2.30. The number of rotatable bonds is 5. The third-order valence-electron chi connectivity index (χ3n) is 5.94. The SMILES string of the molecule is C/C=C\C(=C/NC=O)c1ccc2c(c1C)N(c1ccc(C#N)cc1)C[C@@H](C)c1nnc(C)n1-2. The van der Waals surface area contributed by atoms with E-state index in [0.717, 1.165) is 45.4 Å². The second-order valence-corrected chi connectivity index (χ2v) is 8.10. The van der Waals surface area contributed by atoms with Crippen LogP contribution in [0.3, 0.4) is 0 Å². The van der Waals surface area contributed by atoms with Gasteiger partial charge in [-0.1, -0.05) is 25.1 Å². The number of nitriles is 1. The molecule has 0 radical (unpaired) electrons. The first kappa shape index (κ1) is 22.0. The van der Waals surface area contributed by atoms with Crippen LogP contribution in [0, 0.1) is 25.2 Å². The summed E-state index contributed by atoms with van der Waals surface area (Å²) in [5.41, 5.74) is 6.67. The zero-order chi connectivity index (χ0) is 23.5. The van der Waals surface area contributed by atoms with Gasteiger partial charge >= 0.3 is 0 Å². The van der Waals surface area contributed by atoms with E-state index in [1.807, 2.05) is 50.3 Å². The molecule has 33 heavy (non-hydrogen) atoms. The molecule has 7 nitrogen and oxygen atoms in total. The Morgan fingerprint density at radius 3 is 2.61 bits per heavy atom. The maximum absolute atomic E-state index is 11.0. The van der Waals surface area contributed by atoms with Crippen molar-refractivity contribution >= 4 is 23.4 Å². The van der Waals surface area contributed by atoms with E-state index in [4.69, 9.17) is 0 Å². The smallest absolute Gasteiger partial charge is 0.211 e. The molecule has 1 atom stereocenters. The first-order valence-electron chi connectivity index (χ1n) is 10.9. The van der Waals surface area contributed by atoms with Gasteiger partial charge in [0.25, 0.3) is 0 Å². The van der Waals surface area contributed by atoms with Crippen LogP contribution in [-0.2, 0) is 4.79 Å². The number of hydrogen-bond donors (Lipinski definition) is 1. The fourth-order valence-corrected chi connectivity index (χ4v) is 4.43. The van der Waals surface area contributed by atoms with Gasteiger partial charge in [-0.3, -0.25) is 9.36 Å². The summed E-state index contributed by atoms with van der Waals surface area (Å²) in [5, 5.41) is 20.7. The van der Waals surface area contributed by atoms with Crippen molar-refractivity contribution in [1.82, 2.24) is 20.1 Å². The zero-order valence-electron chi connectivity index (χ0n) is 19.2. The normalized spacial score (nSPS) is 15.5. The minimum atomic E-state index is 0.124. The number of aromatic nitrogens is 3. The Hall–Kier alpha value is -4.18. The lowest BCUT2D eigenvalue weighted by Crippen LogP contribution is -2.23. The molecule has 3 aromatic rings. The highest BCUT2D eigenvalue weighted by atomic mass is 16.1. The van der Waals surface area contributed by atoms with Crippen molar-refractivity contribution in [1.29, 1.82) is 5.26 Å². The molecule has 4 rings (SSSR count). The third-order valence-corrected chi connectivity index (χ3v) is 5.94. The molecule has 1 aromatic heterocycles. The average Bonchev–Trinajstić information content (AvgIpc) is 3.15. The number of fused-ring (bicyclic) bond motifs is 3. The summed E-state index contributed by atoms with van der Waals surface area (Å²) in [6.45, 7) is 8.87. The molecule has 2 heterocycles. The first-order chi connectivity index (χ1) is 16.0. The monoisotopic (exact) mass is 438 g/mol. The van der Waals surface area contributed by atoms with Gasteiger partial charge in [0.05, 0.1) is 23.0 Å². The largest absolute Gasteiger partial charge is 0.339 e. The third kappa shape index (κ3) is 3.92. The summed E-state index contributed by atoms with van der Waals surface area (Å²) in [6.07, 6.45) is 6.31. The zero-order valence-corrected chi connectivity index (χ0v) is 19.2. The summed E-state index contributed by atoms with van der Waals surface area (Å²) in [4.78, 5) is 13.2. The summed E-state index contributed by atoms with van der Waals surface area (Å²) in [7, 11) is 0. The van der Waals surface area contributed by atoms with E-state index < -0.39 is 0 Å². The van der Waals surface area contributed by atoms with Gasteiger partial charge in [0.1, 0.15) is 11.6 Å². The van der Waals surface area contributed by atoms with Gasteiger partial charge in [-0.25, -0.2) is 0 Å². The van der Waals surface area contributed by atoms with Crippen LogP contribution < -0.4 is 10.2 Å². The Morgan fingerprint density at radius 2 is 1.94 bits per heavy atom. The highest BCUT2D eigenvalue weighted by molar-refractivity contribution is 5.85. The summed E-state index contributed by atoms with van der Waals surface area (Å²) < 4.78 is 2.13. The molecule has 2 aromatic carbocycles. The number of hydrogen-bond acceptors (Lipinski definition) is 5. The average molecular weight is 439 g/mol. The van der Waals surface area contributed by atoms with Crippen LogP contribution in [0.1, 0.15) is 48.1 Å². The molecule has 7 heteroatoms. The fraction of sp³-hybridized carbons (Fsp3) is 0.231. The molecular formula is C26H26N6O. The summed E-state index contributed by atoms with van der Waals surface area (Å²) in [5.74, 6) is 1.88. The predicted molar refractivity (Wildman–Crippen MR) is 129 cm³/mol. The van der Waals surface area contributed by atoms with E-state index in [9.17, 15) is 10.1 Å². The number of anilines is 2. The number of allylic oxidation sites excluding steroid dienone is 3. The number of nitrogens with one attached hydrogen (secondary N) is 1. The molecule has 0 spiro atoms. The molecule has 1 amide bonds. The van der Waals surface area contributed by atoms with E-state index in [2.05, 4.69) is 57.0 Å². The fourth-order valence-electron chi connectivity index (χ4n) is 4.43. The molecular weight excluding hydrogens is 412 g/mol. The van der Waals surface area contributed by atoms with E-state index in [1.165, 1.54) is 0 Å². The van der Waals surface area contributed by atoms with Gasteiger partial charge in [-0.15, -0.1) is 10.2 Å². The maximum atomic E-state index is 11.0. The predicted octanol–water partition coefficient (Wildman–Crippen LogP) is 4.67. The lowest BCUT2D eigenvalue weighted by Gasteiger charge is -2.29. The van der Waals surface area contributed by atoms with Crippen LogP contribution in [0.25, 0.3) is 11.3 Å². The van der Waals surface area contributed by atoms with Crippen LogP contribution in [-0.4, -0.2) is 27.7 Å². The van der Waals surface area contributed by atoms with Crippen LogP contribution >= 0.6 is 0 Å². The van der Waals surface area contributed by atoms with Crippen molar-refractivity contribution in [3.63, 3.8) is 0 Å². The van der Waals surface area contributed by atoms with Crippen LogP contribution in [0.5, 0.6) is 0 Å². The Kier molecular flexibility index (Phi) is 6.09. The van der Waals surface area contributed by atoms with Crippen molar-refractivity contribution in [2.45, 2.75) is 33.6 Å². The molecule has 166 valence electrons. The van der Waals surface area contributed by atoms with Crippen LogP contribution in [0.2, 0.25) is 0 Å². The quantitative estimate of drug-likeness (QED) is 0.462. The van der Waals surface area contributed by atoms with Gasteiger partial charge in [-0.05, 0) is 67.8 Å². The standard InChI is InChI=1S/C26H26N6O/c1-5-6-21(14-28-16-33)23-11-12-24-25(18(23)3)31(22-9-7-20(13-27)8-10-22)15-17(2)26-30-29-19(4)32(24)26/h5-12,14,16-17H,15H2,1-4H3,(H,28,33)/b6-5-,21-14+/t17-/m1/s1. The minimum absolute atomic E-state index is 0.124. The molecule has 0 saturated heterocycles. The van der Waals surface area contributed by atoms with Crippen LogP contribution in [0.4, 0.5) is 11.4 Å². The number of benzene rings is 2. The Balaban J connectivity index is 2.00. The lowest BCUT2D eigenvalue weighted by atomic mass is 9.97. The van der Waals surface area contributed by atoms with Crippen molar-refractivity contribution in [3.05, 3.63) is 83.1 Å².